The van der Waals surface area contributed by atoms with E-state index in [0.717, 1.165) is 16.1 Å². The number of amides is 1. The maximum Gasteiger partial charge on any atom is 0.328 e. The number of hydrazine groups is 1. The van der Waals surface area contributed by atoms with Gasteiger partial charge in [-0.2, -0.15) is 0 Å². The highest BCUT2D eigenvalue weighted by Gasteiger charge is 2.32. The van der Waals surface area contributed by atoms with Crippen LogP contribution in [0, 0.1) is 6.92 Å². The minimum Gasteiger partial charge on any atom is -0.480 e. The molecule has 0 aromatic heterocycles. The number of thiocarbonyl (C=S) groups is 1. The molecule has 1 amide bonds. The van der Waals surface area contributed by atoms with Gasteiger partial charge in [-0.05, 0) is 36.2 Å². The van der Waals surface area contributed by atoms with Crippen LogP contribution in [0.1, 0.15) is 27.0 Å². The number of carbonyl (C=O) groups is 2. The third-order valence-corrected chi connectivity index (χ3v) is 6.28. The molecule has 33 heavy (non-hydrogen) atoms. The highest BCUT2D eigenvalue weighted by molar-refractivity contribution is 7.80. The first-order chi connectivity index (χ1) is 15.7. The Morgan fingerprint density at radius 2 is 1.45 bits per heavy atom. The van der Waals surface area contributed by atoms with Gasteiger partial charge in [0.25, 0.3) is 5.91 Å². The van der Waals surface area contributed by atoms with Gasteiger partial charge in [0.1, 0.15) is 4.99 Å². The van der Waals surface area contributed by atoms with Crippen LogP contribution in [0.5, 0.6) is 0 Å². The maximum atomic E-state index is 13.2. The Bertz CT molecular complexity index is 1160. The smallest absolute Gasteiger partial charge is 0.328 e. The van der Waals surface area contributed by atoms with Crippen molar-refractivity contribution < 1.29 is 14.7 Å². The van der Waals surface area contributed by atoms with Crippen LogP contribution in [0.4, 0.5) is 0 Å². The number of nitrogens with zero attached hydrogens (tertiary/aromatic N) is 1. The number of hydrogen-bond acceptors (Lipinski definition) is 3. The number of benzene rings is 3. The molecule has 5 nitrogen and oxygen atoms in total. The molecule has 1 atom stereocenters. The minimum atomic E-state index is -1.24. The molecule has 0 radical (unpaired) electrons. The van der Waals surface area contributed by atoms with Crippen molar-refractivity contribution in [2.45, 2.75) is 19.4 Å². The number of carboxylic acids is 1. The lowest BCUT2D eigenvalue weighted by atomic mass is 10.0. The lowest BCUT2D eigenvalue weighted by Crippen LogP contribution is -2.55. The van der Waals surface area contributed by atoms with Gasteiger partial charge in [-0.25, -0.2) is 4.79 Å². The van der Waals surface area contributed by atoms with Gasteiger partial charge < -0.3 is 5.11 Å². The molecule has 0 saturated heterocycles. The summed E-state index contributed by atoms with van der Waals surface area (Å²) in [5.41, 5.74) is 4.54. The van der Waals surface area contributed by atoms with Crippen molar-refractivity contribution in [2.75, 3.05) is 0 Å². The average Bonchev–Trinajstić information content (AvgIpc) is 2.76. The standard InChI is InChI=1S/C24H19Cl3N2O3S/c1-14-7-5-10-16(25)20(14)23(33)29(19(24(31)32)13-15-8-3-2-4-9-15)28-22(30)21-17(26)11-6-12-18(21)27/h2-12,19H,13H2,1H3,(H,28,30)(H,31,32)/t19-/m0/s1. The number of halogens is 3. The topological polar surface area (TPSA) is 69.6 Å². The van der Waals surface area contributed by atoms with Crippen LogP contribution in [-0.4, -0.2) is 33.0 Å². The summed E-state index contributed by atoms with van der Waals surface area (Å²) in [6, 6.07) is 17.6. The molecule has 0 spiro atoms. The summed E-state index contributed by atoms with van der Waals surface area (Å²) < 4.78 is 0. The van der Waals surface area contributed by atoms with E-state index >= 15 is 0 Å². The van der Waals surface area contributed by atoms with Crippen LogP contribution in [-0.2, 0) is 11.2 Å². The summed E-state index contributed by atoms with van der Waals surface area (Å²) >= 11 is 24.4. The fraction of sp³-hybridized carbons (Fsp3) is 0.125. The van der Waals surface area contributed by atoms with Crippen molar-refractivity contribution in [3.05, 3.63) is 104 Å². The summed E-state index contributed by atoms with van der Waals surface area (Å²) in [5, 5.41) is 11.8. The Morgan fingerprint density at radius 1 is 0.909 bits per heavy atom. The van der Waals surface area contributed by atoms with E-state index in [-0.39, 0.29) is 27.0 Å². The molecule has 9 heteroatoms. The number of carbonyl (C=O) groups excluding carboxylic acids is 1. The number of aliphatic carboxylic acids is 1. The molecule has 0 fully saturated rings. The van der Waals surface area contributed by atoms with Crippen LogP contribution >= 0.6 is 47.0 Å². The van der Waals surface area contributed by atoms with Crippen molar-refractivity contribution in [3.63, 3.8) is 0 Å². The van der Waals surface area contributed by atoms with Crippen molar-refractivity contribution in [2.24, 2.45) is 0 Å². The molecule has 2 N–H and O–H groups in total. The molecule has 3 aromatic carbocycles. The van der Waals surface area contributed by atoms with Crippen LogP contribution in [0.25, 0.3) is 0 Å². The first-order valence-electron chi connectivity index (χ1n) is 9.81. The van der Waals surface area contributed by atoms with Crippen LogP contribution < -0.4 is 5.43 Å². The van der Waals surface area contributed by atoms with Gasteiger partial charge in [0.2, 0.25) is 0 Å². The maximum absolute atomic E-state index is 13.2. The van der Waals surface area contributed by atoms with E-state index in [1.54, 1.807) is 55.5 Å². The zero-order valence-corrected chi connectivity index (χ0v) is 20.5. The summed E-state index contributed by atoms with van der Waals surface area (Å²) in [6.07, 6.45) is 0.0658. The normalized spacial score (nSPS) is 11.5. The number of nitrogens with one attached hydrogen (secondary N) is 1. The van der Waals surface area contributed by atoms with Gasteiger partial charge in [0, 0.05) is 12.0 Å². The third-order valence-electron chi connectivity index (χ3n) is 4.94. The lowest BCUT2D eigenvalue weighted by Gasteiger charge is -2.32. The predicted molar refractivity (Wildman–Crippen MR) is 135 cm³/mol. The van der Waals surface area contributed by atoms with E-state index in [2.05, 4.69) is 5.43 Å². The van der Waals surface area contributed by atoms with E-state index in [9.17, 15) is 14.7 Å². The van der Waals surface area contributed by atoms with E-state index in [1.165, 1.54) is 12.1 Å². The van der Waals surface area contributed by atoms with E-state index in [4.69, 9.17) is 47.0 Å². The van der Waals surface area contributed by atoms with E-state index < -0.39 is 17.9 Å². The first-order valence-corrected chi connectivity index (χ1v) is 11.3. The molecular formula is C24H19Cl3N2O3S. The van der Waals surface area contributed by atoms with Crippen molar-refractivity contribution in [1.82, 2.24) is 10.4 Å². The Balaban J connectivity index is 2.07. The Morgan fingerprint density at radius 3 is 2.00 bits per heavy atom. The number of rotatable bonds is 6. The molecule has 170 valence electrons. The zero-order valence-electron chi connectivity index (χ0n) is 17.4. The SMILES string of the molecule is Cc1cccc(Cl)c1C(=S)N(NC(=O)c1c(Cl)cccc1Cl)[C@@H](Cc1ccccc1)C(=O)O. The molecule has 0 heterocycles. The lowest BCUT2D eigenvalue weighted by molar-refractivity contribution is -0.142. The van der Waals surface area contributed by atoms with Crippen molar-refractivity contribution in [1.29, 1.82) is 0 Å². The second-order valence-electron chi connectivity index (χ2n) is 7.19. The molecule has 3 aromatic rings. The highest BCUT2D eigenvalue weighted by atomic mass is 35.5. The van der Waals surface area contributed by atoms with Crippen molar-refractivity contribution in [3.8, 4) is 0 Å². The quantitative estimate of drug-likeness (QED) is 0.309. The minimum absolute atomic E-state index is 0.00774. The fourth-order valence-corrected chi connectivity index (χ4v) is 4.68. The Kier molecular flexibility index (Phi) is 8.32. The molecular weight excluding hydrogens is 503 g/mol. The van der Waals surface area contributed by atoms with Crippen LogP contribution in [0.3, 0.4) is 0 Å². The highest BCUT2D eigenvalue weighted by Crippen LogP contribution is 2.26. The summed E-state index contributed by atoms with van der Waals surface area (Å²) in [5.74, 6) is -1.88. The van der Waals surface area contributed by atoms with Crippen LogP contribution in [0.2, 0.25) is 15.1 Å². The largest absolute Gasteiger partial charge is 0.480 e. The van der Waals surface area contributed by atoms with Gasteiger partial charge in [-0.1, -0.05) is 95.6 Å². The van der Waals surface area contributed by atoms with E-state index in [1.807, 2.05) is 6.07 Å². The first kappa shape index (κ1) is 25.0. The predicted octanol–water partition coefficient (Wildman–Crippen LogP) is 5.97. The fourth-order valence-electron chi connectivity index (χ4n) is 3.30. The molecule has 0 saturated carbocycles. The number of aryl methyl sites for hydroxylation is 1. The molecule has 0 aliphatic heterocycles. The Labute approximate surface area is 211 Å². The van der Waals surface area contributed by atoms with E-state index in [0.29, 0.717) is 10.6 Å². The van der Waals surface area contributed by atoms with Gasteiger partial charge in [-0.15, -0.1) is 0 Å². The molecule has 0 aliphatic rings. The number of hydrogen-bond donors (Lipinski definition) is 2. The molecule has 0 bridgehead atoms. The zero-order chi connectivity index (χ0) is 24.1. The molecule has 3 rings (SSSR count). The Hall–Kier alpha value is -2.64. The second-order valence-corrected chi connectivity index (χ2v) is 8.80. The second kappa shape index (κ2) is 11.0. The van der Waals surface area contributed by atoms with Gasteiger partial charge in [0.05, 0.1) is 20.6 Å². The van der Waals surface area contributed by atoms with Crippen molar-refractivity contribution >= 4 is 63.9 Å². The molecule has 0 aliphatic carbocycles. The average molecular weight is 522 g/mol. The van der Waals surface area contributed by atoms with Gasteiger partial charge >= 0.3 is 5.97 Å². The molecule has 0 unspecified atom stereocenters. The summed E-state index contributed by atoms with van der Waals surface area (Å²) in [4.78, 5) is 25.6. The third kappa shape index (κ3) is 5.84. The summed E-state index contributed by atoms with van der Waals surface area (Å²) in [6.45, 7) is 1.80. The summed E-state index contributed by atoms with van der Waals surface area (Å²) in [7, 11) is 0. The number of carboxylic acid groups (broad SMARTS) is 1. The van der Waals surface area contributed by atoms with Gasteiger partial charge in [0.15, 0.2) is 6.04 Å². The monoisotopic (exact) mass is 520 g/mol. The van der Waals surface area contributed by atoms with Crippen LogP contribution in [0.15, 0.2) is 66.7 Å². The van der Waals surface area contributed by atoms with Gasteiger partial charge in [-0.3, -0.25) is 15.2 Å².